The molecule has 8 atom stereocenters. The third kappa shape index (κ3) is 3.92. The molecular formula is C23H36O6. The van der Waals surface area contributed by atoms with Gasteiger partial charge in [0, 0.05) is 31.3 Å². The minimum atomic E-state index is -1.05. The maximum absolute atomic E-state index is 11.3. The molecule has 1 saturated carbocycles. The van der Waals surface area contributed by atoms with E-state index >= 15 is 0 Å². The van der Waals surface area contributed by atoms with Crippen LogP contribution in [-0.4, -0.2) is 59.9 Å². The molecular weight excluding hydrogens is 372 g/mol. The van der Waals surface area contributed by atoms with Gasteiger partial charge in [0.05, 0.1) is 25.4 Å². The summed E-state index contributed by atoms with van der Waals surface area (Å²) in [5.74, 6) is -0.156. The van der Waals surface area contributed by atoms with E-state index in [0.717, 1.165) is 18.4 Å². The Morgan fingerprint density at radius 2 is 2.00 bits per heavy atom. The first-order chi connectivity index (χ1) is 13.6. The maximum atomic E-state index is 11.3. The minimum absolute atomic E-state index is 0.0991. The Morgan fingerprint density at radius 1 is 1.31 bits per heavy atom. The van der Waals surface area contributed by atoms with Gasteiger partial charge in [0.15, 0.2) is 0 Å². The number of carbonyl (C=O) groups is 1. The van der Waals surface area contributed by atoms with E-state index in [0.29, 0.717) is 18.6 Å². The fourth-order valence-electron chi connectivity index (χ4n) is 5.78. The molecule has 3 N–H and O–H groups in total. The van der Waals surface area contributed by atoms with Gasteiger partial charge in [-0.1, -0.05) is 31.1 Å². The number of aliphatic hydroxyl groups is 3. The number of methoxy groups -OCH3 is 1. The van der Waals surface area contributed by atoms with E-state index in [2.05, 4.69) is 6.08 Å². The summed E-state index contributed by atoms with van der Waals surface area (Å²) in [6.07, 6.45) is 1.83. The highest BCUT2D eigenvalue weighted by Crippen LogP contribution is 2.54. The zero-order valence-electron chi connectivity index (χ0n) is 18.2. The van der Waals surface area contributed by atoms with Crippen LogP contribution in [0, 0.1) is 29.1 Å². The van der Waals surface area contributed by atoms with Gasteiger partial charge in [0.25, 0.3) is 0 Å². The van der Waals surface area contributed by atoms with E-state index in [1.54, 1.807) is 7.11 Å². The van der Waals surface area contributed by atoms with Crippen LogP contribution in [0.1, 0.15) is 47.0 Å². The Morgan fingerprint density at radius 3 is 2.62 bits per heavy atom. The zero-order valence-corrected chi connectivity index (χ0v) is 18.2. The third-order valence-corrected chi connectivity index (χ3v) is 7.52. The number of fused-ring (bicyclic) bond motifs is 2. The Hall–Kier alpha value is -1.21. The fraction of sp³-hybridized carbons (Fsp3) is 0.783. The summed E-state index contributed by atoms with van der Waals surface area (Å²) in [5, 5.41) is 33.4. The number of aliphatic hydroxyl groups excluding tert-OH is 3. The van der Waals surface area contributed by atoms with Gasteiger partial charge in [-0.05, 0) is 43.6 Å². The van der Waals surface area contributed by atoms with Gasteiger partial charge < -0.3 is 24.8 Å². The second kappa shape index (κ2) is 8.50. The zero-order chi connectivity index (χ0) is 21.5. The average molecular weight is 409 g/mol. The van der Waals surface area contributed by atoms with Crippen molar-refractivity contribution in [3.8, 4) is 0 Å². The van der Waals surface area contributed by atoms with Crippen LogP contribution in [0.3, 0.4) is 0 Å². The van der Waals surface area contributed by atoms with Crippen molar-refractivity contribution in [1.82, 2.24) is 0 Å². The summed E-state index contributed by atoms with van der Waals surface area (Å²) in [4.78, 5) is 11.3. The van der Waals surface area contributed by atoms with Gasteiger partial charge in [-0.2, -0.15) is 0 Å². The lowest BCUT2D eigenvalue weighted by Crippen LogP contribution is -2.44. The predicted molar refractivity (Wildman–Crippen MR) is 109 cm³/mol. The van der Waals surface area contributed by atoms with E-state index in [1.165, 1.54) is 12.5 Å². The molecule has 0 saturated heterocycles. The molecule has 0 aliphatic heterocycles. The first-order valence-corrected chi connectivity index (χ1v) is 10.7. The number of hydrogen-bond acceptors (Lipinski definition) is 6. The highest BCUT2D eigenvalue weighted by Gasteiger charge is 2.52. The summed E-state index contributed by atoms with van der Waals surface area (Å²) < 4.78 is 10.6. The van der Waals surface area contributed by atoms with Crippen molar-refractivity contribution in [3.63, 3.8) is 0 Å². The van der Waals surface area contributed by atoms with Crippen LogP contribution in [0.25, 0.3) is 0 Å². The molecule has 3 rings (SSSR count). The number of hydrogen-bond donors (Lipinski definition) is 3. The smallest absolute Gasteiger partial charge is 0.302 e. The van der Waals surface area contributed by atoms with Crippen LogP contribution >= 0.6 is 0 Å². The molecule has 0 aromatic heterocycles. The van der Waals surface area contributed by atoms with Gasteiger partial charge in [-0.25, -0.2) is 0 Å². The number of esters is 1. The molecule has 0 bridgehead atoms. The average Bonchev–Trinajstić information content (AvgIpc) is 3.16. The second-order valence-corrected chi connectivity index (χ2v) is 9.42. The molecule has 0 aromatic carbocycles. The summed E-state index contributed by atoms with van der Waals surface area (Å²) >= 11 is 0. The van der Waals surface area contributed by atoms with Crippen molar-refractivity contribution in [2.45, 2.75) is 65.3 Å². The lowest BCUT2D eigenvalue weighted by Gasteiger charge is -2.41. The minimum Gasteiger partial charge on any atom is -0.465 e. The number of ether oxygens (including phenoxy) is 2. The van der Waals surface area contributed by atoms with Crippen LogP contribution in [0.15, 0.2) is 22.8 Å². The highest BCUT2D eigenvalue weighted by molar-refractivity contribution is 5.65. The van der Waals surface area contributed by atoms with Crippen LogP contribution in [0.4, 0.5) is 0 Å². The Kier molecular flexibility index (Phi) is 6.59. The molecule has 6 heteroatoms. The molecule has 0 spiro atoms. The molecule has 0 aromatic rings. The normalized spacial score (nSPS) is 40.6. The molecule has 1 fully saturated rings. The number of rotatable bonds is 5. The van der Waals surface area contributed by atoms with Crippen molar-refractivity contribution in [1.29, 1.82) is 0 Å². The van der Waals surface area contributed by atoms with Crippen molar-refractivity contribution < 1.29 is 29.6 Å². The lowest BCUT2D eigenvalue weighted by molar-refractivity contribution is -0.141. The Labute approximate surface area is 173 Å². The van der Waals surface area contributed by atoms with Crippen LogP contribution in [0.2, 0.25) is 0 Å². The lowest BCUT2D eigenvalue weighted by atomic mass is 9.68. The Bertz CT molecular complexity index is 697. The fourth-order valence-corrected chi connectivity index (χ4v) is 5.78. The maximum Gasteiger partial charge on any atom is 0.302 e. The van der Waals surface area contributed by atoms with Crippen LogP contribution < -0.4 is 0 Å². The largest absolute Gasteiger partial charge is 0.465 e. The van der Waals surface area contributed by atoms with Crippen LogP contribution in [0.5, 0.6) is 0 Å². The van der Waals surface area contributed by atoms with E-state index in [4.69, 9.17) is 9.47 Å². The van der Waals surface area contributed by atoms with E-state index < -0.39 is 23.7 Å². The monoisotopic (exact) mass is 408 g/mol. The third-order valence-electron chi connectivity index (χ3n) is 7.52. The first kappa shape index (κ1) is 22.5. The quantitative estimate of drug-likeness (QED) is 0.477. The SMILES string of the molecule is COCC1CCC2C1=CC1(C)C(=C(C(C)COC(C)=O)CC1O)C(O)C(O)C2C. The van der Waals surface area contributed by atoms with Gasteiger partial charge in [-0.15, -0.1) is 0 Å². The molecule has 0 heterocycles. The van der Waals surface area contributed by atoms with Gasteiger partial charge in [0.1, 0.15) is 6.10 Å². The van der Waals surface area contributed by atoms with Crippen molar-refractivity contribution in [2.75, 3.05) is 20.3 Å². The molecule has 164 valence electrons. The highest BCUT2D eigenvalue weighted by atomic mass is 16.5. The van der Waals surface area contributed by atoms with Crippen LogP contribution in [-0.2, 0) is 14.3 Å². The molecule has 0 radical (unpaired) electrons. The molecule has 3 aliphatic rings. The predicted octanol–water partition coefficient (Wildman–Crippen LogP) is 2.22. The Balaban J connectivity index is 2.10. The topological polar surface area (TPSA) is 96.2 Å². The van der Waals surface area contributed by atoms with Gasteiger partial charge in [-0.3, -0.25) is 4.79 Å². The molecule has 6 nitrogen and oxygen atoms in total. The summed E-state index contributed by atoms with van der Waals surface area (Å²) in [7, 11) is 1.70. The first-order valence-electron chi connectivity index (χ1n) is 10.7. The molecule has 29 heavy (non-hydrogen) atoms. The number of carbonyl (C=O) groups excluding carboxylic acids is 1. The van der Waals surface area contributed by atoms with Gasteiger partial charge >= 0.3 is 5.97 Å². The van der Waals surface area contributed by atoms with E-state index in [1.807, 2.05) is 20.8 Å². The van der Waals surface area contributed by atoms with Gasteiger partial charge in [0.2, 0.25) is 0 Å². The standard InChI is InChI=1S/C23H36O6/c1-12(10-29-14(3)24)17-8-19(25)23(4)9-18-15(11-28-5)6-7-16(18)13(2)21(26)22(27)20(17)23/h9,12-13,15-16,19,21-22,25-27H,6-8,10-11H2,1-5H3. The molecule has 3 aliphatic carbocycles. The summed E-state index contributed by atoms with van der Waals surface area (Å²) in [6.45, 7) is 8.07. The molecule has 0 amide bonds. The summed E-state index contributed by atoms with van der Waals surface area (Å²) in [5.41, 5.74) is 2.05. The van der Waals surface area contributed by atoms with E-state index in [9.17, 15) is 20.1 Å². The van der Waals surface area contributed by atoms with Crippen molar-refractivity contribution in [3.05, 3.63) is 22.8 Å². The molecule has 8 unspecified atom stereocenters. The second-order valence-electron chi connectivity index (χ2n) is 9.42. The summed E-state index contributed by atoms with van der Waals surface area (Å²) in [6, 6.07) is 0. The van der Waals surface area contributed by atoms with Crippen molar-refractivity contribution in [2.24, 2.45) is 29.1 Å². The van der Waals surface area contributed by atoms with Crippen molar-refractivity contribution >= 4 is 5.97 Å². The van der Waals surface area contributed by atoms with E-state index in [-0.39, 0.29) is 36.2 Å².